The van der Waals surface area contributed by atoms with Gasteiger partial charge in [0, 0.05) is 33.7 Å². The number of anilines is 3. The number of para-hydroxylation sites is 5. The molecule has 234 valence electrons. The molecule has 0 unspecified atom stereocenters. The molecule has 50 heavy (non-hydrogen) atoms. The number of benzene rings is 7. The number of rotatable bonds is 3. The van der Waals surface area contributed by atoms with Gasteiger partial charge in [0.2, 0.25) is 0 Å². The standard InChI is InChI=1S/C44H26N4O2/c1-3-13-27(14-4-1)41-31-25-29(23-24-32(31)45-44(46-41)28-15-5-2-6-16-28)47-33-18-8-7-17-30(33)40-36(47)26-39-42-43(40)50-38-22-12-10-20-35(38)48(42)34-19-9-11-21-37(34)49-39/h1-26H. The Morgan fingerprint density at radius 3 is 1.92 bits per heavy atom. The molecule has 0 fully saturated rings. The van der Waals surface area contributed by atoms with Crippen molar-refractivity contribution in [2.75, 3.05) is 4.90 Å². The molecular weight excluding hydrogens is 617 g/mol. The van der Waals surface area contributed by atoms with E-state index in [1.165, 1.54) is 0 Å². The first-order chi connectivity index (χ1) is 24.8. The fraction of sp³-hybridized carbons (Fsp3) is 0. The molecule has 0 spiro atoms. The summed E-state index contributed by atoms with van der Waals surface area (Å²) in [6.07, 6.45) is 0. The minimum absolute atomic E-state index is 0.701. The molecule has 0 N–H and O–H groups in total. The molecule has 0 aliphatic carbocycles. The summed E-state index contributed by atoms with van der Waals surface area (Å²) in [5, 5.41) is 3.10. The molecule has 2 aliphatic rings. The number of nitrogens with zero attached hydrogens (tertiary/aromatic N) is 4. The number of ether oxygens (including phenoxy) is 2. The number of fused-ring (bicyclic) bond motifs is 9. The van der Waals surface area contributed by atoms with Crippen LogP contribution in [0, 0.1) is 0 Å². The van der Waals surface area contributed by atoms with Crippen molar-refractivity contribution < 1.29 is 9.47 Å². The highest BCUT2D eigenvalue weighted by Crippen LogP contribution is 2.62. The molecule has 0 atom stereocenters. The van der Waals surface area contributed by atoms with Crippen molar-refractivity contribution in [2.45, 2.75) is 0 Å². The molecule has 0 saturated heterocycles. The van der Waals surface area contributed by atoms with Crippen molar-refractivity contribution in [3.63, 3.8) is 0 Å². The fourth-order valence-corrected chi connectivity index (χ4v) is 7.57. The first-order valence-electron chi connectivity index (χ1n) is 16.7. The first kappa shape index (κ1) is 27.1. The van der Waals surface area contributed by atoms with E-state index in [4.69, 9.17) is 19.4 Å². The van der Waals surface area contributed by atoms with Gasteiger partial charge in [0.05, 0.1) is 39.0 Å². The van der Waals surface area contributed by atoms with E-state index in [-0.39, 0.29) is 0 Å². The maximum Gasteiger partial charge on any atom is 0.165 e. The van der Waals surface area contributed by atoms with Gasteiger partial charge in [-0.15, -0.1) is 0 Å². The van der Waals surface area contributed by atoms with Crippen LogP contribution in [-0.2, 0) is 0 Å². The first-order valence-corrected chi connectivity index (χ1v) is 16.7. The molecule has 0 amide bonds. The average molecular weight is 643 g/mol. The summed E-state index contributed by atoms with van der Waals surface area (Å²) >= 11 is 0. The highest BCUT2D eigenvalue weighted by Gasteiger charge is 2.37. The Morgan fingerprint density at radius 2 is 1.14 bits per heavy atom. The van der Waals surface area contributed by atoms with Crippen molar-refractivity contribution >= 4 is 49.8 Å². The molecule has 2 aromatic heterocycles. The molecule has 0 bridgehead atoms. The van der Waals surface area contributed by atoms with Crippen LogP contribution in [0.25, 0.3) is 61.0 Å². The zero-order valence-corrected chi connectivity index (χ0v) is 26.6. The minimum atomic E-state index is 0.701. The maximum atomic E-state index is 6.86. The van der Waals surface area contributed by atoms with Crippen LogP contribution in [0.3, 0.4) is 0 Å². The summed E-state index contributed by atoms with van der Waals surface area (Å²) in [6, 6.07) is 54.0. The van der Waals surface area contributed by atoms with E-state index in [1.54, 1.807) is 0 Å². The van der Waals surface area contributed by atoms with Crippen LogP contribution in [0.5, 0.6) is 23.0 Å². The van der Waals surface area contributed by atoms with E-state index < -0.39 is 0 Å². The second-order valence-corrected chi connectivity index (χ2v) is 12.6. The van der Waals surface area contributed by atoms with E-state index in [0.717, 1.165) is 95.3 Å². The van der Waals surface area contributed by atoms with Crippen LogP contribution in [0.15, 0.2) is 158 Å². The van der Waals surface area contributed by atoms with Crippen LogP contribution in [-0.4, -0.2) is 14.5 Å². The number of hydrogen-bond donors (Lipinski definition) is 0. The largest absolute Gasteiger partial charge is 0.453 e. The Kier molecular flexibility index (Phi) is 5.57. The van der Waals surface area contributed by atoms with Crippen LogP contribution in [0.1, 0.15) is 0 Å². The monoisotopic (exact) mass is 642 g/mol. The smallest absolute Gasteiger partial charge is 0.165 e. The molecular formula is C44H26N4O2. The summed E-state index contributed by atoms with van der Waals surface area (Å²) in [5.74, 6) is 3.83. The molecule has 4 heterocycles. The van der Waals surface area contributed by atoms with Gasteiger partial charge in [-0.25, -0.2) is 9.97 Å². The second kappa shape index (κ2) is 10.3. The Bertz CT molecular complexity index is 2820. The van der Waals surface area contributed by atoms with Crippen LogP contribution in [0.4, 0.5) is 17.1 Å². The Morgan fingerprint density at radius 1 is 0.480 bits per heavy atom. The van der Waals surface area contributed by atoms with Gasteiger partial charge in [0.1, 0.15) is 5.69 Å². The average Bonchev–Trinajstić information content (AvgIpc) is 3.52. The zero-order chi connectivity index (χ0) is 32.8. The van der Waals surface area contributed by atoms with Gasteiger partial charge < -0.3 is 14.0 Å². The predicted molar refractivity (Wildman–Crippen MR) is 200 cm³/mol. The predicted octanol–water partition coefficient (Wildman–Crippen LogP) is 11.7. The third-order valence-electron chi connectivity index (χ3n) is 9.74. The summed E-state index contributed by atoms with van der Waals surface area (Å²) in [5.41, 5.74) is 9.71. The van der Waals surface area contributed by atoms with E-state index >= 15 is 0 Å². The van der Waals surface area contributed by atoms with Gasteiger partial charge in [-0.2, -0.15) is 0 Å². The van der Waals surface area contributed by atoms with Crippen molar-refractivity contribution in [1.82, 2.24) is 14.5 Å². The lowest BCUT2D eigenvalue weighted by atomic mass is 10.0. The normalized spacial score (nSPS) is 12.7. The quantitative estimate of drug-likeness (QED) is 0.192. The van der Waals surface area contributed by atoms with Gasteiger partial charge in [-0.3, -0.25) is 4.90 Å². The van der Waals surface area contributed by atoms with Gasteiger partial charge in [0.25, 0.3) is 0 Å². The van der Waals surface area contributed by atoms with E-state index in [0.29, 0.717) is 5.82 Å². The van der Waals surface area contributed by atoms with Crippen LogP contribution < -0.4 is 14.4 Å². The summed E-state index contributed by atoms with van der Waals surface area (Å²) in [6.45, 7) is 0. The summed E-state index contributed by atoms with van der Waals surface area (Å²) in [7, 11) is 0. The third kappa shape index (κ3) is 3.84. The number of aromatic nitrogens is 3. The molecule has 9 aromatic rings. The SMILES string of the molecule is c1ccc(-c2nc(-c3ccccc3)c3cc(-n4c5ccccc5c5c6c7c(cc54)Oc4ccccc4N7c4ccccc4O6)ccc3n2)cc1. The van der Waals surface area contributed by atoms with E-state index in [9.17, 15) is 0 Å². The van der Waals surface area contributed by atoms with Crippen molar-refractivity contribution in [3.8, 4) is 51.3 Å². The van der Waals surface area contributed by atoms with Crippen molar-refractivity contribution in [3.05, 3.63) is 158 Å². The van der Waals surface area contributed by atoms with Gasteiger partial charge in [0.15, 0.2) is 28.8 Å². The van der Waals surface area contributed by atoms with Gasteiger partial charge >= 0.3 is 0 Å². The minimum Gasteiger partial charge on any atom is -0.453 e. The fourth-order valence-electron chi connectivity index (χ4n) is 7.57. The van der Waals surface area contributed by atoms with Crippen LogP contribution >= 0.6 is 0 Å². The molecule has 0 saturated carbocycles. The molecule has 11 rings (SSSR count). The molecule has 6 nitrogen and oxygen atoms in total. The molecule has 0 radical (unpaired) electrons. The van der Waals surface area contributed by atoms with Gasteiger partial charge in [-0.05, 0) is 48.5 Å². The second-order valence-electron chi connectivity index (χ2n) is 12.6. The van der Waals surface area contributed by atoms with E-state index in [2.05, 4.69) is 107 Å². The zero-order valence-electron chi connectivity index (χ0n) is 26.6. The lowest BCUT2D eigenvalue weighted by Gasteiger charge is -2.38. The third-order valence-corrected chi connectivity index (χ3v) is 9.74. The molecule has 7 aromatic carbocycles. The number of hydrogen-bond acceptors (Lipinski definition) is 5. The molecule has 2 aliphatic heterocycles. The van der Waals surface area contributed by atoms with Crippen molar-refractivity contribution in [2.24, 2.45) is 0 Å². The lowest BCUT2D eigenvalue weighted by molar-refractivity contribution is 0.450. The van der Waals surface area contributed by atoms with Crippen LogP contribution in [0.2, 0.25) is 0 Å². The van der Waals surface area contributed by atoms with Crippen molar-refractivity contribution in [1.29, 1.82) is 0 Å². The molecule has 6 heteroatoms. The van der Waals surface area contributed by atoms with E-state index in [1.807, 2.05) is 60.7 Å². The highest BCUT2D eigenvalue weighted by atomic mass is 16.5. The lowest BCUT2D eigenvalue weighted by Crippen LogP contribution is -2.20. The Balaban J connectivity index is 1.20. The summed E-state index contributed by atoms with van der Waals surface area (Å²) in [4.78, 5) is 12.5. The van der Waals surface area contributed by atoms with Gasteiger partial charge in [-0.1, -0.05) is 103 Å². The summed E-state index contributed by atoms with van der Waals surface area (Å²) < 4.78 is 15.8. The maximum absolute atomic E-state index is 6.86. The highest BCUT2D eigenvalue weighted by molar-refractivity contribution is 6.17. The topological polar surface area (TPSA) is 52.4 Å². The Hall–Kier alpha value is -6.92. The Labute approximate surface area is 287 Å².